The molecule has 0 unspecified atom stereocenters. The van der Waals surface area contributed by atoms with E-state index in [1.165, 1.54) is 22.1 Å². The molecule has 0 aliphatic heterocycles. The second kappa shape index (κ2) is 10.1. The lowest BCUT2D eigenvalue weighted by atomic mass is 10.0. The monoisotopic (exact) mass is 518 g/mol. The van der Waals surface area contributed by atoms with Gasteiger partial charge in [-0.2, -0.15) is 0 Å². The molecular weight excluding hydrogens is 492 g/mol. The van der Waals surface area contributed by atoms with E-state index < -0.39 is 0 Å². The highest BCUT2D eigenvalue weighted by Gasteiger charge is 2.15. The molecule has 6 rings (SSSR count). The third kappa shape index (κ3) is 4.44. The fraction of sp³-hybridized carbons (Fsp3) is 0.125. The van der Waals surface area contributed by atoms with Gasteiger partial charge < -0.3 is 9.47 Å². The normalized spacial score (nSPS) is 12.0. The van der Waals surface area contributed by atoms with Crippen LogP contribution in [0.4, 0.5) is 0 Å². The smallest absolute Gasteiger partial charge is 0.274 e. The van der Waals surface area contributed by atoms with Crippen molar-refractivity contribution in [2.45, 2.75) is 20.0 Å². The second-order valence-electron chi connectivity index (χ2n) is 9.04. The van der Waals surface area contributed by atoms with Crippen LogP contribution in [0.25, 0.3) is 32.8 Å². The van der Waals surface area contributed by atoms with Crippen LogP contribution in [0, 0.1) is 0 Å². The molecular formula is C32H26N2O3S. The lowest BCUT2D eigenvalue weighted by Crippen LogP contribution is -2.22. The van der Waals surface area contributed by atoms with Crippen LogP contribution >= 0.6 is 11.3 Å². The summed E-state index contributed by atoms with van der Waals surface area (Å²) in [5, 5.41) is 2.38. The van der Waals surface area contributed by atoms with Gasteiger partial charge in [-0.1, -0.05) is 65.9 Å². The van der Waals surface area contributed by atoms with Crippen LogP contribution in [-0.2, 0) is 13.0 Å². The van der Waals surface area contributed by atoms with Crippen molar-refractivity contribution < 1.29 is 9.47 Å². The molecule has 0 saturated heterocycles. The highest BCUT2D eigenvalue weighted by atomic mass is 32.1. The molecule has 5 nitrogen and oxygen atoms in total. The van der Waals surface area contributed by atoms with Crippen LogP contribution < -0.4 is 19.6 Å². The Hall–Kier alpha value is -4.42. The van der Waals surface area contributed by atoms with Gasteiger partial charge in [-0.3, -0.25) is 4.79 Å². The number of allylic oxidation sites excluding steroid dienone is 1. The van der Waals surface area contributed by atoms with Gasteiger partial charge in [-0.25, -0.2) is 9.38 Å². The van der Waals surface area contributed by atoms with Gasteiger partial charge in [0.15, 0.2) is 16.5 Å². The van der Waals surface area contributed by atoms with Gasteiger partial charge in [0, 0.05) is 5.56 Å². The van der Waals surface area contributed by atoms with Gasteiger partial charge >= 0.3 is 0 Å². The van der Waals surface area contributed by atoms with E-state index in [0.717, 1.165) is 27.7 Å². The Bertz CT molecular complexity index is 1920. The number of nitrogens with zero attached hydrogens (tertiary/aromatic N) is 2. The van der Waals surface area contributed by atoms with E-state index in [1.54, 1.807) is 4.40 Å². The number of hydrogen-bond donors (Lipinski definition) is 0. The topological polar surface area (TPSA) is 52.8 Å². The summed E-state index contributed by atoms with van der Waals surface area (Å²) in [5.74, 6) is 1.35. The predicted molar refractivity (Wildman–Crippen MR) is 155 cm³/mol. The average Bonchev–Trinajstić information content (AvgIpc) is 3.44. The zero-order valence-electron chi connectivity index (χ0n) is 21.0. The summed E-state index contributed by atoms with van der Waals surface area (Å²) in [7, 11) is 0. The SMILES string of the molecule is C=CCc1cc(C=c2sc3nc4ccccc4n3c2=O)cc(OCC)c1OCc1ccc2ccccc2c1. The van der Waals surface area contributed by atoms with Crippen molar-refractivity contribution in [2.75, 3.05) is 6.61 Å². The molecule has 0 atom stereocenters. The first-order valence-corrected chi connectivity index (χ1v) is 13.4. The van der Waals surface area contributed by atoms with Gasteiger partial charge in [-0.15, -0.1) is 6.58 Å². The number of fused-ring (bicyclic) bond motifs is 4. The fourth-order valence-electron chi connectivity index (χ4n) is 4.75. The van der Waals surface area contributed by atoms with Crippen LogP contribution in [0.2, 0.25) is 0 Å². The highest BCUT2D eigenvalue weighted by molar-refractivity contribution is 7.15. The van der Waals surface area contributed by atoms with Gasteiger partial charge in [0.05, 0.1) is 22.2 Å². The first-order chi connectivity index (χ1) is 18.6. The summed E-state index contributed by atoms with van der Waals surface area (Å²) in [5.41, 5.74) is 4.48. The van der Waals surface area contributed by atoms with Crippen molar-refractivity contribution in [3.8, 4) is 11.5 Å². The summed E-state index contributed by atoms with van der Waals surface area (Å²) >= 11 is 1.39. The minimum Gasteiger partial charge on any atom is -0.490 e. The maximum absolute atomic E-state index is 13.3. The molecule has 38 heavy (non-hydrogen) atoms. The van der Waals surface area contributed by atoms with Crippen LogP contribution in [0.3, 0.4) is 0 Å². The molecule has 0 bridgehead atoms. The minimum atomic E-state index is -0.0708. The third-order valence-corrected chi connectivity index (χ3v) is 7.43. The molecule has 0 aliphatic rings. The number of para-hydroxylation sites is 2. The van der Waals surface area contributed by atoms with Crippen molar-refractivity contribution in [1.29, 1.82) is 0 Å². The van der Waals surface area contributed by atoms with Crippen molar-refractivity contribution >= 4 is 44.2 Å². The molecule has 4 aromatic carbocycles. The molecule has 6 heteroatoms. The zero-order valence-corrected chi connectivity index (χ0v) is 21.8. The molecule has 0 spiro atoms. The number of hydrogen-bond acceptors (Lipinski definition) is 5. The summed E-state index contributed by atoms with van der Waals surface area (Å²) in [6, 6.07) is 26.3. The standard InChI is InChI=1S/C32H26N2O3S/c1-3-9-25-17-22(19-29-31(35)34-27-13-8-7-12-26(27)33-32(34)38-29)18-28(36-4-2)30(25)37-20-21-14-15-23-10-5-6-11-24(23)16-21/h3,5-8,10-19H,1,4,9,20H2,2H3. The van der Waals surface area contributed by atoms with E-state index in [2.05, 4.69) is 41.9 Å². The van der Waals surface area contributed by atoms with Crippen LogP contribution in [0.15, 0.2) is 96.3 Å². The summed E-state index contributed by atoms with van der Waals surface area (Å²) in [4.78, 5) is 18.6. The minimum absolute atomic E-state index is 0.0708. The maximum atomic E-state index is 13.3. The third-order valence-electron chi connectivity index (χ3n) is 6.46. The average molecular weight is 519 g/mol. The Kier molecular flexibility index (Phi) is 6.40. The number of aromatic nitrogens is 2. The first kappa shape index (κ1) is 23.9. The second-order valence-corrected chi connectivity index (χ2v) is 10.0. The van der Waals surface area contributed by atoms with Crippen molar-refractivity contribution in [1.82, 2.24) is 9.38 Å². The molecule has 0 N–H and O–H groups in total. The van der Waals surface area contributed by atoms with Crippen molar-refractivity contribution in [3.63, 3.8) is 0 Å². The maximum Gasteiger partial charge on any atom is 0.274 e. The zero-order chi connectivity index (χ0) is 26.1. The van der Waals surface area contributed by atoms with Crippen LogP contribution in [-0.4, -0.2) is 16.0 Å². The van der Waals surface area contributed by atoms with Crippen LogP contribution in [0.5, 0.6) is 11.5 Å². The van der Waals surface area contributed by atoms with E-state index in [1.807, 2.05) is 67.6 Å². The molecule has 0 aliphatic carbocycles. The van der Waals surface area contributed by atoms with Crippen LogP contribution in [0.1, 0.15) is 23.6 Å². The lowest BCUT2D eigenvalue weighted by molar-refractivity contribution is 0.267. The summed E-state index contributed by atoms with van der Waals surface area (Å²) in [6.45, 7) is 6.80. The number of ether oxygens (including phenoxy) is 2. The van der Waals surface area contributed by atoms with E-state index >= 15 is 0 Å². The van der Waals surface area contributed by atoms with Gasteiger partial charge in [0.25, 0.3) is 5.56 Å². The molecule has 0 fully saturated rings. The molecule has 6 aromatic rings. The largest absolute Gasteiger partial charge is 0.490 e. The van der Waals surface area contributed by atoms with E-state index in [4.69, 9.17) is 9.47 Å². The predicted octanol–water partition coefficient (Wildman–Crippen LogP) is 6.32. The number of thiazole rings is 1. The van der Waals surface area contributed by atoms with Gasteiger partial charge in [-0.05, 0) is 71.7 Å². The Labute approximate surface area is 223 Å². The van der Waals surface area contributed by atoms with E-state index in [9.17, 15) is 4.79 Å². The summed E-state index contributed by atoms with van der Waals surface area (Å²) < 4.78 is 14.7. The lowest BCUT2D eigenvalue weighted by Gasteiger charge is -2.17. The molecule has 2 heterocycles. The molecule has 0 amide bonds. The Morgan fingerprint density at radius 2 is 1.79 bits per heavy atom. The van der Waals surface area contributed by atoms with E-state index in [-0.39, 0.29) is 5.56 Å². The number of imidazole rings is 1. The van der Waals surface area contributed by atoms with Crippen molar-refractivity contribution in [2.24, 2.45) is 0 Å². The van der Waals surface area contributed by atoms with Crippen molar-refractivity contribution in [3.05, 3.63) is 123 Å². The Morgan fingerprint density at radius 1 is 0.974 bits per heavy atom. The molecule has 2 aromatic heterocycles. The Morgan fingerprint density at radius 3 is 2.63 bits per heavy atom. The number of benzene rings is 4. The highest BCUT2D eigenvalue weighted by Crippen LogP contribution is 2.35. The Balaban J connectivity index is 1.39. The summed E-state index contributed by atoms with van der Waals surface area (Å²) in [6.07, 6.45) is 4.36. The van der Waals surface area contributed by atoms with Gasteiger partial charge in [0.2, 0.25) is 0 Å². The fourth-order valence-corrected chi connectivity index (χ4v) is 5.73. The first-order valence-electron chi connectivity index (χ1n) is 12.6. The quantitative estimate of drug-likeness (QED) is 0.221. The van der Waals surface area contributed by atoms with Gasteiger partial charge in [0.1, 0.15) is 6.61 Å². The molecule has 188 valence electrons. The molecule has 0 radical (unpaired) electrons. The molecule has 0 saturated carbocycles. The number of rotatable bonds is 8. The van der Waals surface area contributed by atoms with E-state index in [0.29, 0.717) is 40.6 Å².